The fourth-order valence-corrected chi connectivity index (χ4v) is 1.59. The lowest BCUT2D eigenvalue weighted by Crippen LogP contribution is -2.26. The second kappa shape index (κ2) is 4.49. The average molecular weight is 208 g/mol. The zero-order valence-electron chi connectivity index (χ0n) is 8.90. The van der Waals surface area contributed by atoms with Gasteiger partial charge in [0.05, 0.1) is 18.9 Å². The van der Waals surface area contributed by atoms with Crippen LogP contribution in [0, 0.1) is 6.92 Å². The molecule has 2 N–H and O–H groups in total. The lowest BCUT2D eigenvalue weighted by atomic mass is 10.1. The Bertz CT molecular complexity index is 335. The van der Waals surface area contributed by atoms with Crippen LogP contribution in [0.3, 0.4) is 0 Å². The minimum Gasteiger partial charge on any atom is -0.473 e. The molecule has 1 aliphatic rings. The Balaban J connectivity index is 2.06. The minimum atomic E-state index is 0.190. The second-order valence-electron chi connectivity index (χ2n) is 3.78. The van der Waals surface area contributed by atoms with E-state index < -0.39 is 0 Å². The summed E-state index contributed by atoms with van der Waals surface area (Å²) in [5, 5.41) is 0. The van der Waals surface area contributed by atoms with Crippen LogP contribution in [-0.4, -0.2) is 24.3 Å². The van der Waals surface area contributed by atoms with Crippen molar-refractivity contribution in [3.05, 3.63) is 17.8 Å². The molecule has 1 aliphatic heterocycles. The van der Waals surface area contributed by atoms with Crippen LogP contribution in [-0.2, 0) is 4.74 Å². The third-order valence-electron chi connectivity index (χ3n) is 2.62. The highest BCUT2D eigenvalue weighted by Crippen LogP contribution is 2.24. The van der Waals surface area contributed by atoms with Gasteiger partial charge in [0.1, 0.15) is 6.10 Å². The van der Waals surface area contributed by atoms with Gasteiger partial charge < -0.3 is 15.2 Å². The number of nitrogen functional groups attached to an aromatic ring is 1. The van der Waals surface area contributed by atoms with E-state index in [-0.39, 0.29) is 6.10 Å². The molecule has 0 spiro atoms. The summed E-state index contributed by atoms with van der Waals surface area (Å²) in [6.45, 7) is 3.47. The summed E-state index contributed by atoms with van der Waals surface area (Å²) in [5.41, 5.74) is 7.53. The lowest BCUT2D eigenvalue weighted by Gasteiger charge is -2.23. The van der Waals surface area contributed by atoms with E-state index in [1.165, 1.54) is 0 Å². The van der Waals surface area contributed by atoms with Gasteiger partial charge in [-0.05, 0) is 18.6 Å². The number of ether oxygens (including phenoxy) is 2. The van der Waals surface area contributed by atoms with Crippen molar-refractivity contribution < 1.29 is 9.47 Å². The van der Waals surface area contributed by atoms with Gasteiger partial charge in [0, 0.05) is 19.0 Å². The van der Waals surface area contributed by atoms with E-state index in [1.54, 1.807) is 6.20 Å². The lowest BCUT2D eigenvalue weighted by molar-refractivity contribution is 0.0240. The summed E-state index contributed by atoms with van der Waals surface area (Å²) in [7, 11) is 0. The topological polar surface area (TPSA) is 57.4 Å². The van der Waals surface area contributed by atoms with Crippen LogP contribution in [0.1, 0.15) is 18.4 Å². The van der Waals surface area contributed by atoms with Crippen LogP contribution in [0.15, 0.2) is 12.3 Å². The fourth-order valence-electron chi connectivity index (χ4n) is 1.59. The summed E-state index contributed by atoms with van der Waals surface area (Å²) in [5.74, 6) is 0.557. The minimum absolute atomic E-state index is 0.190. The van der Waals surface area contributed by atoms with E-state index in [1.807, 2.05) is 13.0 Å². The van der Waals surface area contributed by atoms with Crippen LogP contribution in [0.25, 0.3) is 0 Å². The summed E-state index contributed by atoms with van der Waals surface area (Å²) in [6.07, 6.45) is 3.74. The van der Waals surface area contributed by atoms with Crippen molar-refractivity contribution in [3.63, 3.8) is 0 Å². The zero-order chi connectivity index (χ0) is 10.7. The molecule has 4 nitrogen and oxygen atoms in total. The maximum absolute atomic E-state index is 5.88. The van der Waals surface area contributed by atoms with Gasteiger partial charge in [-0.2, -0.15) is 0 Å². The van der Waals surface area contributed by atoms with Crippen molar-refractivity contribution >= 4 is 5.69 Å². The second-order valence-corrected chi connectivity index (χ2v) is 3.78. The van der Waals surface area contributed by atoms with Gasteiger partial charge in [-0.1, -0.05) is 0 Å². The van der Waals surface area contributed by atoms with Crippen molar-refractivity contribution in [1.29, 1.82) is 0 Å². The van der Waals surface area contributed by atoms with Crippen LogP contribution in [0.5, 0.6) is 5.88 Å². The fraction of sp³-hybridized carbons (Fsp3) is 0.545. The van der Waals surface area contributed by atoms with Gasteiger partial charge >= 0.3 is 0 Å². The molecule has 0 atom stereocenters. The molecule has 15 heavy (non-hydrogen) atoms. The molecular weight excluding hydrogens is 192 g/mol. The van der Waals surface area contributed by atoms with E-state index in [0.29, 0.717) is 11.6 Å². The van der Waals surface area contributed by atoms with E-state index >= 15 is 0 Å². The zero-order valence-corrected chi connectivity index (χ0v) is 8.90. The number of hydrogen-bond acceptors (Lipinski definition) is 4. The van der Waals surface area contributed by atoms with Gasteiger partial charge in [0.2, 0.25) is 5.88 Å². The van der Waals surface area contributed by atoms with Crippen molar-refractivity contribution in [3.8, 4) is 5.88 Å². The Morgan fingerprint density at radius 2 is 2.20 bits per heavy atom. The summed E-state index contributed by atoms with van der Waals surface area (Å²) in [4.78, 5) is 4.15. The summed E-state index contributed by atoms with van der Waals surface area (Å²) in [6, 6.07) is 1.88. The van der Waals surface area contributed by atoms with Crippen molar-refractivity contribution in [1.82, 2.24) is 4.98 Å². The van der Waals surface area contributed by atoms with Crippen LogP contribution in [0.4, 0.5) is 5.69 Å². The SMILES string of the molecule is Cc1ccnc(OC2CCOCC2)c1N. The van der Waals surface area contributed by atoms with E-state index in [0.717, 1.165) is 31.6 Å². The highest BCUT2D eigenvalue weighted by Gasteiger charge is 2.17. The molecule has 0 aliphatic carbocycles. The summed E-state index contributed by atoms with van der Waals surface area (Å²) < 4.78 is 11.0. The number of aryl methyl sites for hydroxylation is 1. The van der Waals surface area contributed by atoms with Crippen molar-refractivity contribution in [2.75, 3.05) is 18.9 Å². The van der Waals surface area contributed by atoms with E-state index in [9.17, 15) is 0 Å². The average Bonchev–Trinajstić information content (AvgIpc) is 2.26. The molecule has 1 aromatic rings. The van der Waals surface area contributed by atoms with Crippen molar-refractivity contribution in [2.45, 2.75) is 25.9 Å². The Morgan fingerprint density at radius 1 is 1.47 bits per heavy atom. The normalized spacial score (nSPS) is 17.7. The molecule has 0 aromatic carbocycles. The molecule has 0 saturated carbocycles. The molecule has 1 aromatic heterocycles. The molecule has 1 fully saturated rings. The highest BCUT2D eigenvalue weighted by atomic mass is 16.5. The monoisotopic (exact) mass is 208 g/mol. The van der Waals surface area contributed by atoms with Crippen LogP contribution < -0.4 is 10.5 Å². The van der Waals surface area contributed by atoms with Crippen LogP contribution in [0.2, 0.25) is 0 Å². The first-order valence-electron chi connectivity index (χ1n) is 5.23. The maximum Gasteiger partial charge on any atom is 0.237 e. The standard InChI is InChI=1S/C11H16N2O2/c1-8-2-5-13-11(10(8)12)15-9-3-6-14-7-4-9/h2,5,9H,3-4,6-7,12H2,1H3. The molecule has 0 unspecified atom stereocenters. The third-order valence-corrected chi connectivity index (χ3v) is 2.62. The number of aromatic nitrogens is 1. The van der Waals surface area contributed by atoms with Gasteiger partial charge in [-0.15, -0.1) is 0 Å². The highest BCUT2D eigenvalue weighted by molar-refractivity contribution is 5.53. The Morgan fingerprint density at radius 3 is 2.93 bits per heavy atom. The number of anilines is 1. The smallest absolute Gasteiger partial charge is 0.237 e. The number of hydrogen-bond donors (Lipinski definition) is 1. The molecule has 0 radical (unpaired) electrons. The molecule has 0 bridgehead atoms. The van der Waals surface area contributed by atoms with E-state index in [2.05, 4.69) is 4.98 Å². The molecule has 2 rings (SSSR count). The predicted molar refractivity (Wildman–Crippen MR) is 57.9 cm³/mol. The molecule has 1 saturated heterocycles. The van der Waals surface area contributed by atoms with Crippen LogP contribution >= 0.6 is 0 Å². The first-order valence-corrected chi connectivity index (χ1v) is 5.23. The number of nitrogens with two attached hydrogens (primary N) is 1. The van der Waals surface area contributed by atoms with Gasteiger partial charge in [-0.3, -0.25) is 0 Å². The molecule has 0 amide bonds. The summed E-state index contributed by atoms with van der Waals surface area (Å²) >= 11 is 0. The molecule has 2 heterocycles. The Hall–Kier alpha value is -1.29. The largest absolute Gasteiger partial charge is 0.473 e. The first kappa shape index (κ1) is 10.2. The van der Waals surface area contributed by atoms with Gasteiger partial charge in [0.25, 0.3) is 0 Å². The predicted octanol–water partition coefficient (Wildman–Crippen LogP) is 1.53. The number of nitrogens with zero attached hydrogens (tertiary/aromatic N) is 1. The molecular formula is C11H16N2O2. The quantitative estimate of drug-likeness (QED) is 0.800. The van der Waals surface area contributed by atoms with E-state index in [4.69, 9.17) is 15.2 Å². The first-order chi connectivity index (χ1) is 7.27. The maximum atomic E-state index is 5.88. The third kappa shape index (κ3) is 2.39. The molecule has 82 valence electrons. The van der Waals surface area contributed by atoms with Gasteiger partial charge in [0.15, 0.2) is 0 Å². The van der Waals surface area contributed by atoms with Gasteiger partial charge in [-0.25, -0.2) is 4.98 Å². The molecule has 4 heteroatoms. The number of pyridine rings is 1. The Kier molecular flexibility index (Phi) is 3.06. The Labute approximate surface area is 89.4 Å². The van der Waals surface area contributed by atoms with Crippen molar-refractivity contribution in [2.24, 2.45) is 0 Å². The number of rotatable bonds is 2.